The van der Waals surface area contributed by atoms with Crippen LogP contribution in [0.4, 0.5) is 0 Å². The van der Waals surface area contributed by atoms with E-state index in [1.807, 2.05) is 0 Å². The van der Waals surface area contributed by atoms with E-state index in [2.05, 4.69) is 38.1 Å². The van der Waals surface area contributed by atoms with Crippen LogP contribution in [-0.2, 0) is 11.2 Å². The van der Waals surface area contributed by atoms with E-state index in [1.54, 1.807) is 0 Å². The predicted molar refractivity (Wildman–Crippen MR) is 73.1 cm³/mol. The Hall–Kier alpha value is -0.860. The van der Waals surface area contributed by atoms with Crippen LogP contribution in [-0.4, -0.2) is 13.2 Å². The maximum atomic E-state index is 6.08. The van der Waals surface area contributed by atoms with E-state index >= 15 is 0 Å². The highest BCUT2D eigenvalue weighted by molar-refractivity contribution is 5.24. The lowest BCUT2D eigenvalue weighted by atomic mass is 10.0. The number of ether oxygens (including phenoxy) is 1. The smallest absolute Gasteiger partial charge is 0.0659 e. The van der Waals surface area contributed by atoms with Gasteiger partial charge in [0.15, 0.2) is 0 Å². The Balaban J connectivity index is 2.37. The molecule has 1 aromatic carbocycles. The summed E-state index contributed by atoms with van der Waals surface area (Å²) in [7, 11) is 0. The number of aryl methyl sites for hydroxylation is 1. The van der Waals surface area contributed by atoms with Crippen molar-refractivity contribution in [3.8, 4) is 0 Å². The molecule has 0 saturated carbocycles. The molecular formula is C15H25NO. The second-order valence-electron chi connectivity index (χ2n) is 4.53. The van der Waals surface area contributed by atoms with E-state index in [1.165, 1.54) is 24.0 Å². The zero-order chi connectivity index (χ0) is 12.5. The molecular weight excluding hydrogens is 210 g/mol. The molecule has 0 fully saturated rings. The standard InChI is InChI=1S/C15H25NO/c1-3-5-11-17-12-15(16)14-9-7-13(6-4-2)8-10-14/h7-10,15H,3-6,11-12,16H2,1-2H3. The molecule has 2 heteroatoms. The maximum absolute atomic E-state index is 6.08. The van der Waals surface area contributed by atoms with Gasteiger partial charge in [0.1, 0.15) is 0 Å². The van der Waals surface area contributed by atoms with Gasteiger partial charge in [0.05, 0.1) is 12.6 Å². The molecule has 0 aliphatic rings. The first kappa shape index (κ1) is 14.2. The minimum Gasteiger partial charge on any atom is -0.379 e. The summed E-state index contributed by atoms with van der Waals surface area (Å²) < 4.78 is 5.54. The van der Waals surface area contributed by atoms with Crippen LogP contribution < -0.4 is 5.73 Å². The molecule has 1 unspecified atom stereocenters. The fourth-order valence-electron chi connectivity index (χ4n) is 1.77. The van der Waals surface area contributed by atoms with Crippen molar-refractivity contribution < 1.29 is 4.74 Å². The highest BCUT2D eigenvalue weighted by atomic mass is 16.5. The van der Waals surface area contributed by atoms with Gasteiger partial charge in [0.25, 0.3) is 0 Å². The Bertz CT molecular complexity index is 294. The number of rotatable bonds is 8. The Labute approximate surface area is 105 Å². The summed E-state index contributed by atoms with van der Waals surface area (Å²) in [6, 6.07) is 8.59. The monoisotopic (exact) mass is 235 g/mol. The number of unbranched alkanes of at least 4 members (excludes halogenated alkanes) is 1. The van der Waals surface area contributed by atoms with E-state index in [9.17, 15) is 0 Å². The van der Waals surface area contributed by atoms with Crippen molar-refractivity contribution in [3.63, 3.8) is 0 Å². The van der Waals surface area contributed by atoms with Crippen LogP contribution in [0.2, 0.25) is 0 Å². The molecule has 17 heavy (non-hydrogen) atoms. The van der Waals surface area contributed by atoms with E-state index in [0.29, 0.717) is 6.61 Å². The Morgan fingerprint density at radius 2 is 1.82 bits per heavy atom. The number of nitrogens with two attached hydrogens (primary N) is 1. The third-order valence-corrected chi connectivity index (χ3v) is 2.89. The number of hydrogen-bond donors (Lipinski definition) is 1. The van der Waals surface area contributed by atoms with Crippen LogP contribution in [0, 0.1) is 0 Å². The molecule has 0 aliphatic heterocycles. The summed E-state index contributed by atoms with van der Waals surface area (Å²) in [5, 5.41) is 0. The van der Waals surface area contributed by atoms with Gasteiger partial charge < -0.3 is 10.5 Å². The molecule has 0 radical (unpaired) electrons. The van der Waals surface area contributed by atoms with Crippen LogP contribution in [0.15, 0.2) is 24.3 Å². The van der Waals surface area contributed by atoms with E-state index in [-0.39, 0.29) is 6.04 Å². The van der Waals surface area contributed by atoms with E-state index in [4.69, 9.17) is 10.5 Å². The average Bonchev–Trinajstić information content (AvgIpc) is 2.36. The zero-order valence-electron chi connectivity index (χ0n) is 11.1. The van der Waals surface area contributed by atoms with Gasteiger partial charge in [-0.05, 0) is 24.0 Å². The van der Waals surface area contributed by atoms with Gasteiger partial charge in [0, 0.05) is 6.61 Å². The van der Waals surface area contributed by atoms with Crippen LogP contribution in [0.25, 0.3) is 0 Å². The molecule has 1 rings (SSSR count). The first-order valence-corrected chi connectivity index (χ1v) is 6.70. The normalized spacial score (nSPS) is 12.6. The first-order valence-electron chi connectivity index (χ1n) is 6.70. The molecule has 0 aliphatic carbocycles. The highest BCUT2D eigenvalue weighted by Crippen LogP contribution is 2.13. The molecule has 96 valence electrons. The van der Waals surface area contributed by atoms with Gasteiger partial charge in [0.2, 0.25) is 0 Å². The lowest BCUT2D eigenvalue weighted by molar-refractivity contribution is 0.118. The lowest BCUT2D eigenvalue weighted by Gasteiger charge is -2.13. The third-order valence-electron chi connectivity index (χ3n) is 2.89. The molecule has 1 aromatic rings. The summed E-state index contributed by atoms with van der Waals surface area (Å²) in [5.74, 6) is 0. The Kier molecular flexibility index (Phi) is 6.90. The van der Waals surface area contributed by atoms with Crippen molar-refractivity contribution in [2.24, 2.45) is 5.73 Å². The second kappa shape index (κ2) is 8.26. The van der Waals surface area contributed by atoms with Crippen molar-refractivity contribution in [3.05, 3.63) is 35.4 Å². The molecule has 2 N–H and O–H groups in total. The molecule has 0 aromatic heterocycles. The van der Waals surface area contributed by atoms with Crippen LogP contribution in [0.1, 0.15) is 50.3 Å². The molecule has 0 bridgehead atoms. The van der Waals surface area contributed by atoms with Crippen molar-refractivity contribution in [1.82, 2.24) is 0 Å². The number of hydrogen-bond acceptors (Lipinski definition) is 2. The van der Waals surface area contributed by atoms with Crippen molar-refractivity contribution in [2.45, 2.75) is 45.6 Å². The third kappa shape index (κ3) is 5.33. The molecule has 0 saturated heterocycles. The topological polar surface area (TPSA) is 35.2 Å². The van der Waals surface area contributed by atoms with Gasteiger partial charge in [-0.25, -0.2) is 0 Å². The minimum atomic E-state index is 0.00235. The van der Waals surface area contributed by atoms with Gasteiger partial charge in [-0.15, -0.1) is 0 Å². The average molecular weight is 235 g/mol. The molecule has 0 spiro atoms. The predicted octanol–water partition coefficient (Wildman–Crippen LogP) is 3.46. The SMILES string of the molecule is CCCCOCC(N)c1ccc(CCC)cc1. The fourth-order valence-corrected chi connectivity index (χ4v) is 1.77. The second-order valence-corrected chi connectivity index (χ2v) is 4.53. The summed E-state index contributed by atoms with van der Waals surface area (Å²) in [6.07, 6.45) is 4.61. The number of benzene rings is 1. The van der Waals surface area contributed by atoms with Gasteiger partial charge >= 0.3 is 0 Å². The van der Waals surface area contributed by atoms with E-state index < -0.39 is 0 Å². The van der Waals surface area contributed by atoms with Crippen LogP contribution >= 0.6 is 0 Å². The minimum absolute atomic E-state index is 0.00235. The maximum Gasteiger partial charge on any atom is 0.0659 e. The van der Waals surface area contributed by atoms with Crippen molar-refractivity contribution in [2.75, 3.05) is 13.2 Å². The van der Waals surface area contributed by atoms with Gasteiger partial charge in [-0.2, -0.15) is 0 Å². The Morgan fingerprint density at radius 3 is 2.41 bits per heavy atom. The summed E-state index contributed by atoms with van der Waals surface area (Å²) in [5.41, 5.74) is 8.63. The highest BCUT2D eigenvalue weighted by Gasteiger charge is 2.05. The molecule has 2 nitrogen and oxygen atoms in total. The molecule has 0 heterocycles. The van der Waals surface area contributed by atoms with Crippen molar-refractivity contribution in [1.29, 1.82) is 0 Å². The molecule has 0 amide bonds. The van der Waals surface area contributed by atoms with Gasteiger partial charge in [-0.3, -0.25) is 0 Å². The largest absolute Gasteiger partial charge is 0.379 e. The van der Waals surface area contributed by atoms with Crippen LogP contribution in [0.3, 0.4) is 0 Å². The van der Waals surface area contributed by atoms with Crippen LogP contribution in [0.5, 0.6) is 0 Å². The zero-order valence-corrected chi connectivity index (χ0v) is 11.1. The van der Waals surface area contributed by atoms with Gasteiger partial charge in [-0.1, -0.05) is 51.0 Å². The quantitative estimate of drug-likeness (QED) is 0.700. The first-order chi connectivity index (χ1) is 8.27. The summed E-state index contributed by atoms with van der Waals surface area (Å²) >= 11 is 0. The lowest BCUT2D eigenvalue weighted by Crippen LogP contribution is -2.17. The Morgan fingerprint density at radius 1 is 1.12 bits per heavy atom. The summed E-state index contributed by atoms with van der Waals surface area (Å²) in [4.78, 5) is 0. The van der Waals surface area contributed by atoms with Crippen molar-refractivity contribution >= 4 is 0 Å². The fraction of sp³-hybridized carbons (Fsp3) is 0.600. The molecule has 1 atom stereocenters. The van der Waals surface area contributed by atoms with E-state index in [0.717, 1.165) is 19.4 Å². The summed E-state index contributed by atoms with van der Waals surface area (Å²) in [6.45, 7) is 5.79.